The third-order valence-corrected chi connectivity index (χ3v) is 3.66. The Balaban J connectivity index is 2.03. The van der Waals surface area contributed by atoms with Crippen LogP contribution in [0.3, 0.4) is 0 Å². The molecule has 0 atom stereocenters. The third kappa shape index (κ3) is 4.76. The number of anilines is 1. The van der Waals surface area contributed by atoms with E-state index in [1.807, 2.05) is 6.07 Å². The molecule has 0 bridgehead atoms. The number of nitrogens with zero attached hydrogens (tertiary/aromatic N) is 2. The summed E-state index contributed by atoms with van der Waals surface area (Å²) in [6, 6.07) is 8.59. The van der Waals surface area contributed by atoms with Crippen LogP contribution >= 0.6 is 0 Å². The number of nitrogens with one attached hydrogen (secondary N) is 1. The molecule has 134 valence electrons. The number of benzene rings is 1. The van der Waals surface area contributed by atoms with Crippen molar-refractivity contribution in [3.63, 3.8) is 0 Å². The molecule has 0 fully saturated rings. The highest BCUT2D eigenvalue weighted by Crippen LogP contribution is 2.22. The van der Waals surface area contributed by atoms with E-state index in [9.17, 15) is 4.79 Å². The van der Waals surface area contributed by atoms with Crippen LogP contribution in [0.15, 0.2) is 39.9 Å². The summed E-state index contributed by atoms with van der Waals surface area (Å²) in [6.45, 7) is 5.83. The van der Waals surface area contributed by atoms with E-state index in [0.29, 0.717) is 22.8 Å². The molecule has 2 rings (SSSR count). The van der Waals surface area contributed by atoms with E-state index in [0.717, 1.165) is 19.0 Å². The Morgan fingerprint density at radius 3 is 2.36 bits per heavy atom. The van der Waals surface area contributed by atoms with Crippen LogP contribution in [0.5, 0.6) is 11.5 Å². The molecule has 2 aromatic rings. The number of rotatable bonds is 8. The summed E-state index contributed by atoms with van der Waals surface area (Å²) in [6.07, 6.45) is 1.46. The second-order valence-corrected chi connectivity index (χ2v) is 5.15. The van der Waals surface area contributed by atoms with Gasteiger partial charge in [0.1, 0.15) is 17.3 Å². The summed E-state index contributed by atoms with van der Waals surface area (Å²) in [4.78, 5) is 14.3. The topological polar surface area (TPSA) is 76.3 Å². The van der Waals surface area contributed by atoms with E-state index < -0.39 is 0 Å². The van der Waals surface area contributed by atoms with Crippen LogP contribution in [0.1, 0.15) is 30.0 Å². The zero-order chi connectivity index (χ0) is 18.2. The Morgan fingerprint density at radius 2 is 1.80 bits per heavy atom. The minimum Gasteiger partial charge on any atom is -0.497 e. The summed E-state index contributed by atoms with van der Waals surface area (Å²) in [5, 5.41) is 3.93. The van der Waals surface area contributed by atoms with Gasteiger partial charge in [0.05, 0.1) is 20.4 Å². The van der Waals surface area contributed by atoms with Gasteiger partial charge in [0.2, 0.25) is 0 Å². The molecule has 1 amide bonds. The van der Waals surface area contributed by atoms with Gasteiger partial charge in [0.25, 0.3) is 5.91 Å². The fourth-order valence-electron chi connectivity index (χ4n) is 2.27. The summed E-state index contributed by atoms with van der Waals surface area (Å²) in [5.74, 6) is 2.02. The number of amides is 1. The molecular formula is C18H23N3O4. The third-order valence-electron chi connectivity index (χ3n) is 3.66. The maximum atomic E-state index is 12.2. The van der Waals surface area contributed by atoms with Gasteiger partial charge in [-0.15, -0.1) is 0 Å². The first-order valence-corrected chi connectivity index (χ1v) is 8.02. The van der Waals surface area contributed by atoms with Gasteiger partial charge in [-0.2, -0.15) is 5.10 Å². The minimum atomic E-state index is -0.371. The van der Waals surface area contributed by atoms with Crippen LogP contribution in [0.2, 0.25) is 0 Å². The van der Waals surface area contributed by atoms with E-state index in [-0.39, 0.29) is 5.91 Å². The van der Waals surface area contributed by atoms with Gasteiger partial charge in [-0.05, 0) is 32.0 Å². The molecule has 7 nitrogen and oxygen atoms in total. The molecule has 1 N–H and O–H groups in total. The smallest absolute Gasteiger partial charge is 0.271 e. The number of methoxy groups -OCH3 is 2. The first-order chi connectivity index (χ1) is 12.1. The van der Waals surface area contributed by atoms with Gasteiger partial charge < -0.3 is 18.8 Å². The molecule has 0 aliphatic heterocycles. The molecule has 7 heteroatoms. The van der Waals surface area contributed by atoms with Crippen LogP contribution in [0.4, 0.5) is 5.88 Å². The van der Waals surface area contributed by atoms with Gasteiger partial charge in [0, 0.05) is 30.8 Å². The zero-order valence-electron chi connectivity index (χ0n) is 14.9. The number of hydrogen-bond acceptors (Lipinski definition) is 6. The van der Waals surface area contributed by atoms with Crippen molar-refractivity contribution in [1.82, 2.24) is 5.43 Å². The predicted molar refractivity (Wildman–Crippen MR) is 96.9 cm³/mol. The Morgan fingerprint density at radius 1 is 1.16 bits per heavy atom. The molecule has 1 aromatic heterocycles. The highest BCUT2D eigenvalue weighted by Gasteiger charge is 2.10. The molecule has 0 unspecified atom stereocenters. The van der Waals surface area contributed by atoms with Crippen molar-refractivity contribution in [2.75, 3.05) is 32.2 Å². The second kappa shape index (κ2) is 8.77. The lowest BCUT2D eigenvalue weighted by atomic mass is 10.2. The SMILES string of the molecule is CCN(CC)c1ccc(C=NNC(=O)c2cc(OC)cc(OC)c2)o1. The van der Waals surface area contributed by atoms with Gasteiger partial charge in [-0.1, -0.05) is 0 Å². The first-order valence-electron chi connectivity index (χ1n) is 8.02. The summed E-state index contributed by atoms with van der Waals surface area (Å²) < 4.78 is 16.0. The molecule has 25 heavy (non-hydrogen) atoms. The number of carbonyl (C=O) groups is 1. The Kier molecular flexibility index (Phi) is 6.45. The fourth-order valence-corrected chi connectivity index (χ4v) is 2.27. The van der Waals surface area contributed by atoms with Gasteiger partial charge in [0.15, 0.2) is 5.88 Å². The summed E-state index contributed by atoms with van der Waals surface area (Å²) >= 11 is 0. The Hall–Kier alpha value is -2.96. The maximum absolute atomic E-state index is 12.2. The quantitative estimate of drug-likeness (QED) is 0.588. The summed E-state index contributed by atoms with van der Waals surface area (Å²) in [5.41, 5.74) is 2.85. The lowest BCUT2D eigenvalue weighted by Crippen LogP contribution is -2.20. The van der Waals surface area contributed by atoms with Crippen molar-refractivity contribution >= 4 is 18.0 Å². The molecule has 0 saturated heterocycles. The van der Waals surface area contributed by atoms with Crippen LogP contribution in [-0.4, -0.2) is 39.4 Å². The van der Waals surface area contributed by atoms with Crippen LogP contribution in [-0.2, 0) is 0 Å². The molecule has 0 aliphatic carbocycles. The normalized spacial score (nSPS) is 10.7. The largest absolute Gasteiger partial charge is 0.497 e. The van der Waals surface area contributed by atoms with Gasteiger partial charge in [-0.3, -0.25) is 4.79 Å². The van der Waals surface area contributed by atoms with Crippen LogP contribution in [0.25, 0.3) is 0 Å². The number of hydrazone groups is 1. The minimum absolute atomic E-state index is 0.371. The van der Waals surface area contributed by atoms with E-state index >= 15 is 0 Å². The van der Waals surface area contributed by atoms with Gasteiger partial charge in [-0.25, -0.2) is 5.43 Å². The van der Waals surface area contributed by atoms with Crippen molar-refractivity contribution in [3.05, 3.63) is 41.7 Å². The van der Waals surface area contributed by atoms with Crippen molar-refractivity contribution in [3.8, 4) is 11.5 Å². The average Bonchev–Trinajstić information content (AvgIpc) is 3.10. The molecule has 0 aliphatic rings. The van der Waals surface area contributed by atoms with Crippen LogP contribution < -0.4 is 19.8 Å². The number of ether oxygens (including phenoxy) is 2. The fraction of sp³-hybridized carbons (Fsp3) is 0.333. The van der Waals surface area contributed by atoms with Crippen molar-refractivity contribution < 1.29 is 18.7 Å². The zero-order valence-corrected chi connectivity index (χ0v) is 14.9. The number of furan rings is 1. The predicted octanol–water partition coefficient (Wildman–Crippen LogP) is 2.91. The van der Waals surface area contributed by atoms with E-state index in [4.69, 9.17) is 13.9 Å². The molecule has 1 heterocycles. The van der Waals surface area contributed by atoms with Crippen molar-refractivity contribution in [2.45, 2.75) is 13.8 Å². The van der Waals surface area contributed by atoms with Crippen molar-refractivity contribution in [1.29, 1.82) is 0 Å². The molecule has 0 saturated carbocycles. The number of carbonyl (C=O) groups excluding carboxylic acids is 1. The lowest BCUT2D eigenvalue weighted by Gasteiger charge is -2.16. The van der Waals surface area contributed by atoms with Gasteiger partial charge >= 0.3 is 0 Å². The lowest BCUT2D eigenvalue weighted by molar-refractivity contribution is 0.0954. The second-order valence-electron chi connectivity index (χ2n) is 5.15. The average molecular weight is 345 g/mol. The van der Waals surface area contributed by atoms with E-state index in [1.54, 1.807) is 24.3 Å². The highest BCUT2D eigenvalue weighted by molar-refractivity contribution is 5.95. The molecular weight excluding hydrogens is 322 g/mol. The highest BCUT2D eigenvalue weighted by atomic mass is 16.5. The Labute approximate surface area is 147 Å². The van der Waals surface area contributed by atoms with Crippen LogP contribution in [0, 0.1) is 0 Å². The monoisotopic (exact) mass is 345 g/mol. The van der Waals surface area contributed by atoms with Crippen molar-refractivity contribution in [2.24, 2.45) is 5.10 Å². The molecule has 0 radical (unpaired) electrons. The first kappa shape index (κ1) is 18.4. The summed E-state index contributed by atoms with van der Waals surface area (Å²) in [7, 11) is 3.05. The van der Waals surface area contributed by atoms with E-state index in [2.05, 4.69) is 29.3 Å². The Bertz CT molecular complexity index is 713. The standard InChI is InChI=1S/C18H23N3O4/c1-5-21(6-2)17-8-7-14(25-17)12-19-20-18(22)13-9-15(23-3)11-16(10-13)24-4/h7-12H,5-6H2,1-4H3,(H,20,22). The maximum Gasteiger partial charge on any atom is 0.271 e. The van der Waals surface area contributed by atoms with E-state index in [1.165, 1.54) is 20.4 Å². The molecule has 1 aromatic carbocycles. The molecule has 0 spiro atoms. The number of hydrogen-bond donors (Lipinski definition) is 1.